The van der Waals surface area contributed by atoms with Gasteiger partial charge in [0, 0.05) is 44.3 Å². The van der Waals surface area contributed by atoms with E-state index in [1.807, 2.05) is 18.2 Å². The number of hydrogen-bond acceptors (Lipinski definition) is 4. The van der Waals surface area contributed by atoms with Gasteiger partial charge >= 0.3 is 5.97 Å². The molecule has 168 valence electrons. The van der Waals surface area contributed by atoms with Crippen LogP contribution in [0, 0.1) is 23.2 Å². The molecule has 2 saturated heterocycles. The number of fused-ring (bicyclic) bond motifs is 2. The Hall–Kier alpha value is -1.23. The van der Waals surface area contributed by atoms with Crippen molar-refractivity contribution in [1.29, 1.82) is 0 Å². The second kappa shape index (κ2) is 8.28. The highest BCUT2D eigenvalue weighted by Crippen LogP contribution is 2.54. The first-order valence-corrected chi connectivity index (χ1v) is 12.4. The van der Waals surface area contributed by atoms with Gasteiger partial charge in [-0.3, -0.25) is 9.69 Å². The summed E-state index contributed by atoms with van der Waals surface area (Å²) >= 11 is 12.3. The molecule has 2 aliphatic carbocycles. The van der Waals surface area contributed by atoms with Crippen molar-refractivity contribution >= 4 is 34.9 Å². The second-order valence-electron chi connectivity index (χ2n) is 10.2. The van der Waals surface area contributed by atoms with Crippen molar-refractivity contribution in [2.45, 2.75) is 45.6 Å². The summed E-state index contributed by atoms with van der Waals surface area (Å²) < 4.78 is 5.94. The van der Waals surface area contributed by atoms with Crippen LogP contribution in [0.2, 0.25) is 10.0 Å². The molecule has 3 fully saturated rings. The molecule has 31 heavy (non-hydrogen) atoms. The summed E-state index contributed by atoms with van der Waals surface area (Å²) in [6, 6.07) is 5.82. The highest BCUT2D eigenvalue weighted by atomic mass is 35.5. The van der Waals surface area contributed by atoms with E-state index in [1.54, 1.807) is 5.57 Å². The quantitative estimate of drug-likeness (QED) is 0.442. The summed E-state index contributed by atoms with van der Waals surface area (Å²) in [5, 5.41) is 1.18. The molecule has 0 radical (unpaired) electrons. The molecule has 0 spiro atoms. The highest BCUT2D eigenvalue weighted by Gasteiger charge is 2.52. The van der Waals surface area contributed by atoms with E-state index in [-0.39, 0.29) is 29.3 Å². The Morgan fingerprint density at radius 1 is 1.16 bits per heavy atom. The molecule has 6 heteroatoms. The number of esters is 1. The van der Waals surface area contributed by atoms with E-state index in [9.17, 15) is 4.79 Å². The number of halogens is 2. The maximum Gasteiger partial charge on any atom is 0.311 e. The minimum Gasteiger partial charge on any atom is -0.461 e. The molecule has 0 N–H and O–H groups in total. The van der Waals surface area contributed by atoms with E-state index in [0.717, 1.165) is 44.8 Å². The normalized spacial score (nSPS) is 35.9. The summed E-state index contributed by atoms with van der Waals surface area (Å²) in [6.45, 7) is 9.25. The number of carbonyl (C=O) groups excluding carboxylic acids is 1. The predicted molar refractivity (Wildman–Crippen MR) is 126 cm³/mol. The third-order valence-electron chi connectivity index (χ3n) is 8.18. The monoisotopic (exact) mass is 462 g/mol. The molecular weight excluding hydrogens is 431 g/mol. The molecule has 1 saturated carbocycles. The highest BCUT2D eigenvalue weighted by molar-refractivity contribution is 6.42. The van der Waals surface area contributed by atoms with Gasteiger partial charge in [0.05, 0.1) is 16.0 Å². The Bertz CT molecular complexity index is 896. The van der Waals surface area contributed by atoms with E-state index in [1.165, 1.54) is 19.3 Å². The number of allylic oxidation sites excluding steroid dienone is 1. The molecule has 5 atom stereocenters. The molecule has 0 unspecified atom stereocenters. The van der Waals surface area contributed by atoms with E-state index < -0.39 is 0 Å². The van der Waals surface area contributed by atoms with E-state index in [4.69, 9.17) is 27.9 Å². The zero-order valence-electron chi connectivity index (χ0n) is 18.4. The van der Waals surface area contributed by atoms with Crippen LogP contribution in [0.5, 0.6) is 0 Å². The molecule has 4 aliphatic rings. The van der Waals surface area contributed by atoms with Gasteiger partial charge < -0.3 is 9.64 Å². The first kappa shape index (κ1) is 21.6. The topological polar surface area (TPSA) is 32.8 Å². The Labute approximate surface area is 195 Å². The van der Waals surface area contributed by atoms with Crippen molar-refractivity contribution in [3.63, 3.8) is 0 Å². The number of rotatable bonds is 3. The second-order valence-corrected chi connectivity index (χ2v) is 11.0. The standard InChI is InChI=1S/C25H32Cl2N2O2/c1-16-4-3-7-25(2)14-23-18(13-20(16)25)19(24(30)31-23)15-28-8-10-29(11-9-28)17-5-6-21(26)22(27)12-17/h5-6,12-13,16,18-19,23H,3-4,7-11,14-15H2,1-2H3/t16-,18+,19-,23-,25+/m1/s1. The number of nitrogens with zero attached hydrogens (tertiary/aromatic N) is 2. The van der Waals surface area contributed by atoms with Crippen LogP contribution in [0.4, 0.5) is 5.69 Å². The van der Waals surface area contributed by atoms with Gasteiger partial charge in [0.1, 0.15) is 6.10 Å². The lowest BCUT2D eigenvalue weighted by molar-refractivity contribution is -0.145. The maximum atomic E-state index is 12.8. The summed E-state index contributed by atoms with van der Waals surface area (Å²) in [7, 11) is 0. The molecule has 1 aromatic carbocycles. The molecule has 0 bridgehead atoms. The average Bonchev–Trinajstić information content (AvgIpc) is 3.03. The minimum atomic E-state index is -0.0345. The minimum absolute atomic E-state index is 0.00802. The van der Waals surface area contributed by atoms with Gasteiger partial charge in [-0.15, -0.1) is 0 Å². The third-order valence-corrected chi connectivity index (χ3v) is 8.92. The average molecular weight is 463 g/mol. The lowest BCUT2D eigenvalue weighted by Gasteiger charge is -2.46. The molecule has 2 heterocycles. The SMILES string of the molecule is C[C@@H]1CCC[C@@]2(C)C[C@H]3OC(=O)[C@H](CN4CCN(c5ccc(Cl)c(Cl)c5)CC4)[C@@H]3C=C12. The molecular formula is C25H32Cl2N2O2. The van der Waals surface area contributed by atoms with Gasteiger partial charge in [0.25, 0.3) is 0 Å². The van der Waals surface area contributed by atoms with Crippen molar-refractivity contribution in [2.24, 2.45) is 23.2 Å². The van der Waals surface area contributed by atoms with Gasteiger partial charge in [-0.2, -0.15) is 0 Å². The van der Waals surface area contributed by atoms with Crippen LogP contribution in [0.1, 0.15) is 39.5 Å². The van der Waals surface area contributed by atoms with Gasteiger partial charge in [-0.25, -0.2) is 0 Å². The first-order valence-electron chi connectivity index (χ1n) is 11.7. The Morgan fingerprint density at radius 2 is 1.94 bits per heavy atom. The van der Waals surface area contributed by atoms with Gasteiger partial charge in [-0.05, 0) is 48.8 Å². The fourth-order valence-corrected chi connectivity index (χ4v) is 6.70. The number of benzene rings is 1. The van der Waals surface area contributed by atoms with Crippen LogP contribution in [0.15, 0.2) is 29.8 Å². The van der Waals surface area contributed by atoms with Crippen LogP contribution >= 0.6 is 23.2 Å². The molecule has 1 aromatic rings. The number of carbonyl (C=O) groups is 1. The van der Waals surface area contributed by atoms with Crippen LogP contribution in [0.25, 0.3) is 0 Å². The lowest BCUT2D eigenvalue weighted by atomic mass is 9.59. The molecule has 2 aliphatic heterocycles. The molecule has 5 rings (SSSR count). The van der Waals surface area contributed by atoms with Crippen LogP contribution in [-0.2, 0) is 9.53 Å². The fraction of sp³-hybridized carbons (Fsp3) is 0.640. The Morgan fingerprint density at radius 3 is 2.68 bits per heavy atom. The van der Waals surface area contributed by atoms with E-state index in [0.29, 0.717) is 16.0 Å². The largest absolute Gasteiger partial charge is 0.461 e. The predicted octanol–water partition coefficient (Wildman–Crippen LogP) is 5.43. The maximum absolute atomic E-state index is 12.8. The zero-order valence-corrected chi connectivity index (χ0v) is 20.0. The van der Waals surface area contributed by atoms with Crippen LogP contribution < -0.4 is 4.90 Å². The van der Waals surface area contributed by atoms with Crippen molar-refractivity contribution in [2.75, 3.05) is 37.6 Å². The number of anilines is 1. The Balaban J connectivity index is 1.25. The first-order chi connectivity index (χ1) is 14.8. The number of piperazine rings is 1. The smallest absolute Gasteiger partial charge is 0.311 e. The van der Waals surface area contributed by atoms with Crippen molar-refractivity contribution in [1.82, 2.24) is 4.90 Å². The van der Waals surface area contributed by atoms with Crippen molar-refractivity contribution < 1.29 is 9.53 Å². The summed E-state index contributed by atoms with van der Waals surface area (Å²) in [4.78, 5) is 17.6. The summed E-state index contributed by atoms with van der Waals surface area (Å²) in [5.41, 5.74) is 2.92. The molecule has 0 amide bonds. The van der Waals surface area contributed by atoms with E-state index >= 15 is 0 Å². The number of hydrogen-bond donors (Lipinski definition) is 0. The number of ether oxygens (including phenoxy) is 1. The Kier molecular flexibility index (Phi) is 5.77. The zero-order chi connectivity index (χ0) is 21.8. The van der Waals surface area contributed by atoms with Gasteiger partial charge in [0.15, 0.2) is 0 Å². The summed E-state index contributed by atoms with van der Waals surface area (Å²) in [5.74, 6) is 0.844. The lowest BCUT2D eigenvalue weighted by Crippen LogP contribution is -2.49. The van der Waals surface area contributed by atoms with Gasteiger partial charge in [0.2, 0.25) is 0 Å². The third kappa shape index (κ3) is 4.00. The molecule has 0 aromatic heterocycles. The van der Waals surface area contributed by atoms with E-state index in [2.05, 4.69) is 29.7 Å². The fourth-order valence-electron chi connectivity index (χ4n) is 6.41. The van der Waals surface area contributed by atoms with Crippen molar-refractivity contribution in [3.05, 3.63) is 39.9 Å². The van der Waals surface area contributed by atoms with Crippen LogP contribution in [0.3, 0.4) is 0 Å². The summed E-state index contributed by atoms with van der Waals surface area (Å²) in [6.07, 6.45) is 7.31. The van der Waals surface area contributed by atoms with Gasteiger partial charge in [-0.1, -0.05) is 55.1 Å². The molecule has 4 nitrogen and oxygen atoms in total. The van der Waals surface area contributed by atoms with Crippen molar-refractivity contribution in [3.8, 4) is 0 Å². The van der Waals surface area contributed by atoms with Crippen LogP contribution in [-0.4, -0.2) is 49.7 Å².